The number of nitrogens with zero attached hydrogens (tertiary/aromatic N) is 2. The Hall–Kier alpha value is -0.0800. The van der Waals surface area contributed by atoms with Crippen molar-refractivity contribution in [2.45, 2.75) is 39.5 Å². The molecule has 72 valence electrons. The van der Waals surface area contributed by atoms with Crippen LogP contribution in [0.1, 0.15) is 39.5 Å². The van der Waals surface area contributed by atoms with Gasteiger partial charge in [0.2, 0.25) is 0 Å². The monoisotopic (exact) mass is 170 g/mol. The standard InChI is InChI=1S/C8H16N2.C2H6/c1-2-6-10-8-4-3-7-9(10)5-1;1-2/h1-8H2;1-2H3. The Morgan fingerprint density at radius 2 is 0.833 bits per heavy atom. The summed E-state index contributed by atoms with van der Waals surface area (Å²) in [6.07, 6.45) is 5.65. The first kappa shape index (κ1) is 10.0. The summed E-state index contributed by atoms with van der Waals surface area (Å²) >= 11 is 0. The first-order valence-corrected chi connectivity index (χ1v) is 5.46. The summed E-state index contributed by atoms with van der Waals surface area (Å²) in [5.41, 5.74) is 0. The Bertz CT molecular complexity index is 88.4. The van der Waals surface area contributed by atoms with E-state index in [0.29, 0.717) is 0 Å². The number of rotatable bonds is 0. The second kappa shape index (κ2) is 5.55. The highest BCUT2D eigenvalue weighted by Crippen LogP contribution is 2.16. The summed E-state index contributed by atoms with van der Waals surface area (Å²) in [5.74, 6) is 0. The molecule has 2 nitrogen and oxygen atoms in total. The van der Waals surface area contributed by atoms with Crippen LogP contribution in [0.25, 0.3) is 0 Å². The van der Waals surface area contributed by atoms with Crippen LogP contribution in [0.2, 0.25) is 0 Å². The summed E-state index contributed by atoms with van der Waals surface area (Å²) in [7, 11) is 0. The third kappa shape index (κ3) is 2.46. The highest BCUT2D eigenvalue weighted by molar-refractivity contribution is 4.69. The Balaban J connectivity index is 0.000000336. The van der Waals surface area contributed by atoms with Gasteiger partial charge in [-0.05, 0) is 25.7 Å². The molecule has 2 fully saturated rings. The molecule has 0 spiro atoms. The molecule has 0 aliphatic carbocycles. The van der Waals surface area contributed by atoms with Crippen molar-refractivity contribution in [3.8, 4) is 0 Å². The maximum atomic E-state index is 2.53. The molecule has 0 aromatic carbocycles. The maximum Gasteiger partial charge on any atom is 0.0133 e. The zero-order valence-corrected chi connectivity index (χ0v) is 8.55. The lowest BCUT2D eigenvalue weighted by atomic mass is 10.2. The average molecular weight is 170 g/mol. The second-order valence-electron chi connectivity index (χ2n) is 3.32. The molecule has 0 bridgehead atoms. The lowest BCUT2D eigenvalue weighted by molar-refractivity contribution is -0.0722. The number of hydrazine groups is 1. The minimum atomic E-state index is 1.32. The molecule has 2 aliphatic heterocycles. The third-order valence-corrected chi connectivity index (χ3v) is 2.56. The van der Waals surface area contributed by atoms with Gasteiger partial charge in [0, 0.05) is 26.2 Å². The molecule has 0 atom stereocenters. The predicted octanol–water partition coefficient (Wildman–Crippen LogP) is 2.12. The SMILES string of the molecule is C1CCN2CCCCN2C1.CC. The van der Waals surface area contributed by atoms with Gasteiger partial charge in [-0.1, -0.05) is 13.8 Å². The third-order valence-electron chi connectivity index (χ3n) is 2.56. The van der Waals surface area contributed by atoms with Gasteiger partial charge in [-0.25, -0.2) is 10.0 Å². The van der Waals surface area contributed by atoms with Crippen LogP contribution in [-0.4, -0.2) is 36.2 Å². The predicted molar refractivity (Wildman–Crippen MR) is 53.0 cm³/mol. The van der Waals surface area contributed by atoms with E-state index in [2.05, 4.69) is 10.0 Å². The summed E-state index contributed by atoms with van der Waals surface area (Å²) in [6.45, 7) is 9.28. The van der Waals surface area contributed by atoms with Crippen LogP contribution in [-0.2, 0) is 0 Å². The van der Waals surface area contributed by atoms with Gasteiger partial charge >= 0.3 is 0 Å². The summed E-state index contributed by atoms with van der Waals surface area (Å²) in [6, 6.07) is 0. The van der Waals surface area contributed by atoms with Gasteiger partial charge < -0.3 is 0 Å². The Kier molecular flexibility index (Phi) is 4.62. The normalized spacial score (nSPS) is 25.5. The van der Waals surface area contributed by atoms with Crippen molar-refractivity contribution in [2.75, 3.05) is 26.2 Å². The van der Waals surface area contributed by atoms with Gasteiger partial charge in [0.05, 0.1) is 0 Å². The van der Waals surface area contributed by atoms with Gasteiger partial charge in [-0.3, -0.25) is 0 Å². The van der Waals surface area contributed by atoms with Crippen LogP contribution >= 0.6 is 0 Å². The Morgan fingerprint density at radius 1 is 0.583 bits per heavy atom. The van der Waals surface area contributed by atoms with Crippen LogP contribution < -0.4 is 0 Å². The number of fused-ring (bicyclic) bond motifs is 1. The van der Waals surface area contributed by atoms with Crippen LogP contribution in [0.4, 0.5) is 0 Å². The van der Waals surface area contributed by atoms with Crippen molar-refractivity contribution in [3.05, 3.63) is 0 Å². The van der Waals surface area contributed by atoms with E-state index >= 15 is 0 Å². The first-order valence-electron chi connectivity index (χ1n) is 5.46. The van der Waals surface area contributed by atoms with Crippen molar-refractivity contribution >= 4 is 0 Å². The first-order chi connectivity index (χ1) is 5.97. The molecule has 2 aliphatic rings. The molecule has 2 heteroatoms. The molecule has 0 aromatic heterocycles. The fourth-order valence-corrected chi connectivity index (χ4v) is 1.97. The van der Waals surface area contributed by atoms with E-state index in [9.17, 15) is 0 Å². The highest BCUT2D eigenvalue weighted by Gasteiger charge is 2.21. The average Bonchev–Trinajstić information content (AvgIpc) is 2.21. The number of hydrogen-bond acceptors (Lipinski definition) is 2. The van der Waals surface area contributed by atoms with Crippen molar-refractivity contribution in [3.63, 3.8) is 0 Å². The van der Waals surface area contributed by atoms with Crippen LogP contribution in [0.3, 0.4) is 0 Å². The van der Waals surface area contributed by atoms with Crippen molar-refractivity contribution in [2.24, 2.45) is 0 Å². The van der Waals surface area contributed by atoms with Crippen molar-refractivity contribution in [1.82, 2.24) is 10.0 Å². The Labute approximate surface area is 76.5 Å². The largest absolute Gasteiger partial charge is 0.242 e. The quantitative estimate of drug-likeness (QED) is 0.549. The topological polar surface area (TPSA) is 6.48 Å². The molecule has 2 heterocycles. The van der Waals surface area contributed by atoms with E-state index in [1.807, 2.05) is 13.8 Å². The molecule has 2 saturated heterocycles. The maximum absolute atomic E-state index is 2.53. The van der Waals surface area contributed by atoms with E-state index in [1.165, 1.54) is 51.9 Å². The molecule has 0 N–H and O–H groups in total. The zero-order valence-electron chi connectivity index (χ0n) is 8.55. The molecule has 0 amide bonds. The van der Waals surface area contributed by atoms with E-state index in [0.717, 1.165) is 0 Å². The van der Waals surface area contributed by atoms with Crippen LogP contribution in [0, 0.1) is 0 Å². The van der Waals surface area contributed by atoms with Gasteiger partial charge in [-0.2, -0.15) is 0 Å². The van der Waals surface area contributed by atoms with Crippen molar-refractivity contribution < 1.29 is 0 Å². The molecular weight excluding hydrogens is 148 g/mol. The van der Waals surface area contributed by atoms with E-state index in [-0.39, 0.29) is 0 Å². The highest BCUT2D eigenvalue weighted by atomic mass is 15.6. The molecule has 2 rings (SSSR count). The minimum absolute atomic E-state index is 1.32. The molecule has 0 aromatic rings. The number of hydrogen-bond donors (Lipinski definition) is 0. The molecule has 0 unspecified atom stereocenters. The lowest BCUT2D eigenvalue weighted by Crippen LogP contribution is -2.50. The minimum Gasteiger partial charge on any atom is -0.242 e. The zero-order chi connectivity index (χ0) is 8.81. The van der Waals surface area contributed by atoms with E-state index < -0.39 is 0 Å². The van der Waals surface area contributed by atoms with Gasteiger partial charge in [0.15, 0.2) is 0 Å². The van der Waals surface area contributed by atoms with E-state index in [1.54, 1.807) is 0 Å². The lowest BCUT2D eigenvalue weighted by Gasteiger charge is -2.41. The molecule has 0 saturated carbocycles. The fraction of sp³-hybridized carbons (Fsp3) is 1.00. The molecule has 12 heavy (non-hydrogen) atoms. The van der Waals surface area contributed by atoms with Crippen molar-refractivity contribution in [1.29, 1.82) is 0 Å². The summed E-state index contributed by atoms with van der Waals surface area (Å²) in [5, 5.41) is 5.07. The van der Waals surface area contributed by atoms with Gasteiger partial charge in [0.25, 0.3) is 0 Å². The summed E-state index contributed by atoms with van der Waals surface area (Å²) in [4.78, 5) is 0. The molecular formula is C10H22N2. The molecule has 0 radical (unpaired) electrons. The second-order valence-corrected chi connectivity index (χ2v) is 3.32. The Morgan fingerprint density at radius 3 is 1.08 bits per heavy atom. The fourth-order valence-electron chi connectivity index (χ4n) is 1.97. The van der Waals surface area contributed by atoms with Crippen LogP contribution in [0.5, 0.6) is 0 Å². The van der Waals surface area contributed by atoms with Crippen LogP contribution in [0.15, 0.2) is 0 Å². The summed E-state index contributed by atoms with van der Waals surface area (Å²) < 4.78 is 0. The van der Waals surface area contributed by atoms with Gasteiger partial charge in [-0.15, -0.1) is 0 Å². The smallest absolute Gasteiger partial charge is 0.0133 e. The van der Waals surface area contributed by atoms with E-state index in [4.69, 9.17) is 0 Å². The van der Waals surface area contributed by atoms with Gasteiger partial charge in [0.1, 0.15) is 0 Å².